The highest BCUT2D eigenvalue weighted by molar-refractivity contribution is 5.17. The lowest BCUT2D eigenvalue weighted by atomic mass is 9.79. The minimum absolute atomic E-state index is 0.0337. The van der Waals surface area contributed by atoms with E-state index in [1.54, 1.807) is 0 Å². The summed E-state index contributed by atoms with van der Waals surface area (Å²) in [5.74, 6) is 0.843. The van der Waals surface area contributed by atoms with Crippen LogP contribution in [0.2, 0.25) is 0 Å². The molecule has 2 aliphatic carbocycles. The Kier molecular flexibility index (Phi) is 4.43. The monoisotopic (exact) mass is 333 g/mol. The van der Waals surface area contributed by atoms with Gasteiger partial charge in [-0.25, -0.2) is 0 Å². The first kappa shape index (κ1) is 16.6. The molecule has 1 aromatic rings. The second-order valence-electron chi connectivity index (χ2n) is 8.08. The van der Waals surface area contributed by atoms with Crippen molar-refractivity contribution in [3.8, 4) is 0 Å². The van der Waals surface area contributed by atoms with Crippen LogP contribution in [0.15, 0.2) is 6.20 Å². The van der Waals surface area contributed by atoms with E-state index in [-0.39, 0.29) is 5.60 Å². The summed E-state index contributed by atoms with van der Waals surface area (Å²) in [6.07, 6.45) is 9.63. The van der Waals surface area contributed by atoms with Crippen LogP contribution in [-0.2, 0) is 23.1 Å². The normalized spacial score (nSPS) is 33.8. The SMILES string of the molecule is CO[C@@]12CC[C@@H](OCC3CC3)C[C@@H]1N(Cc1c(C)cnn1C)CC2. The number of nitrogens with zero attached hydrogens (tertiary/aromatic N) is 3. The van der Waals surface area contributed by atoms with Gasteiger partial charge in [-0.2, -0.15) is 5.10 Å². The second kappa shape index (κ2) is 6.43. The van der Waals surface area contributed by atoms with Gasteiger partial charge in [0.1, 0.15) is 0 Å². The summed E-state index contributed by atoms with van der Waals surface area (Å²) >= 11 is 0. The summed E-state index contributed by atoms with van der Waals surface area (Å²) in [5, 5.41) is 4.40. The standard InChI is InChI=1S/C19H31N3O2/c1-14-11-20-21(2)17(14)12-22-9-8-19(23-3)7-6-16(10-18(19)22)24-13-15-4-5-15/h11,15-16,18H,4-10,12-13H2,1-3H3/t16-,18+,19-/m1/s1. The topological polar surface area (TPSA) is 39.5 Å². The molecule has 0 N–H and O–H groups in total. The third-order valence-electron chi connectivity index (χ3n) is 6.54. The predicted octanol–water partition coefficient (Wildman–Crippen LogP) is 2.67. The van der Waals surface area contributed by atoms with Gasteiger partial charge in [0.25, 0.3) is 0 Å². The van der Waals surface area contributed by atoms with Gasteiger partial charge < -0.3 is 9.47 Å². The van der Waals surface area contributed by atoms with Crippen LogP contribution in [0.4, 0.5) is 0 Å². The van der Waals surface area contributed by atoms with Crippen molar-refractivity contribution in [3.05, 3.63) is 17.5 Å². The molecular weight excluding hydrogens is 302 g/mol. The molecule has 1 aliphatic heterocycles. The zero-order valence-electron chi connectivity index (χ0n) is 15.3. The predicted molar refractivity (Wildman–Crippen MR) is 92.8 cm³/mol. The summed E-state index contributed by atoms with van der Waals surface area (Å²) in [6, 6.07) is 0.467. The average Bonchev–Trinajstić information content (AvgIpc) is 3.29. The Balaban J connectivity index is 1.46. The van der Waals surface area contributed by atoms with Crippen LogP contribution in [0.5, 0.6) is 0 Å². The van der Waals surface area contributed by atoms with E-state index < -0.39 is 0 Å². The Morgan fingerprint density at radius 2 is 2.12 bits per heavy atom. The number of aryl methyl sites for hydroxylation is 2. The van der Waals surface area contributed by atoms with Crippen molar-refractivity contribution in [2.45, 2.75) is 69.7 Å². The van der Waals surface area contributed by atoms with Crippen molar-refractivity contribution in [2.75, 3.05) is 20.3 Å². The van der Waals surface area contributed by atoms with Crippen LogP contribution >= 0.6 is 0 Å². The largest absolute Gasteiger partial charge is 0.378 e. The Hall–Kier alpha value is -0.910. The number of fused-ring (bicyclic) bond motifs is 1. The zero-order valence-corrected chi connectivity index (χ0v) is 15.3. The summed E-state index contributed by atoms with van der Waals surface area (Å²) in [7, 11) is 3.95. The van der Waals surface area contributed by atoms with Crippen LogP contribution in [0, 0.1) is 12.8 Å². The highest BCUT2D eigenvalue weighted by atomic mass is 16.5. The molecule has 0 bridgehead atoms. The first-order valence-corrected chi connectivity index (χ1v) is 9.49. The quantitative estimate of drug-likeness (QED) is 0.802. The van der Waals surface area contributed by atoms with Crippen LogP contribution in [0.1, 0.15) is 49.8 Å². The maximum atomic E-state index is 6.24. The Labute approximate surface area is 145 Å². The Bertz CT molecular complexity index is 564. The van der Waals surface area contributed by atoms with E-state index in [4.69, 9.17) is 9.47 Å². The van der Waals surface area contributed by atoms with Crippen molar-refractivity contribution >= 4 is 0 Å². The van der Waals surface area contributed by atoms with Gasteiger partial charge in [-0.1, -0.05) is 0 Å². The smallest absolute Gasteiger partial charge is 0.0847 e. The minimum Gasteiger partial charge on any atom is -0.378 e. The van der Waals surface area contributed by atoms with Crippen molar-refractivity contribution in [2.24, 2.45) is 13.0 Å². The van der Waals surface area contributed by atoms with E-state index >= 15 is 0 Å². The molecule has 1 aromatic heterocycles. The third kappa shape index (κ3) is 3.02. The zero-order chi connectivity index (χ0) is 16.7. The summed E-state index contributed by atoms with van der Waals surface area (Å²) < 4.78 is 14.3. The molecule has 134 valence electrons. The second-order valence-corrected chi connectivity index (χ2v) is 8.08. The molecule has 0 amide bonds. The molecule has 1 saturated heterocycles. The van der Waals surface area contributed by atoms with Gasteiger partial charge in [0.15, 0.2) is 0 Å². The van der Waals surface area contributed by atoms with Gasteiger partial charge in [0.05, 0.1) is 23.6 Å². The summed E-state index contributed by atoms with van der Waals surface area (Å²) in [4.78, 5) is 2.61. The van der Waals surface area contributed by atoms with Crippen molar-refractivity contribution < 1.29 is 9.47 Å². The lowest BCUT2D eigenvalue weighted by molar-refractivity contribution is -0.103. The first-order chi connectivity index (χ1) is 11.6. The van der Waals surface area contributed by atoms with Gasteiger partial charge in [-0.05, 0) is 56.9 Å². The molecule has 0 unspecified atom stereocenters. The van der Waals surface area contributed by atoms with E-state index in [0.717, 1.165) is 51.3 Å². The molecule has 2 saturated carbocycles. The molecular formula is C19H31N3O2. The average molecular weight is 333 g/mol. The van der Waals surface area contributed by atoms with Crippen molar-refractivity contribution in [1.82, 2.24) is 14.7 Å². The fraction of sp³-hybridized carbons (Fsp3) is 0.842. The molecule has 3 aliphatic rings. The molecule has 3 fully saturated rings. The molecule has 3 atom stereocenters. The number of likely N-dealkylation sites (tertiary alicyclic amines) is 1. The number of ether oxygens (including phenoxy) is 2. The summed E-state index contributed by atoms with van der Waals surface area (Å²) in [6.45, 7) is 5.20. The maximum absolute atomic E-state index is 6.24. The molecule has 5 nitrogen and oxygen atoms in total. The maximum Gasteiger partial charge on any atom is 0.0847 e. The fourth-order valence-corrected chi connectivity index (χ4v) is 4.65. The van der Waals surface area contributed by atoms with Gasteiger partial charge in [0, 0.05) is 39.9 Å². The van der Waals surface area contributed by atoms with Crippen LogP contribution in [0.3, 0.4) is 0 Å². The highest BCUT2D eigenvalue weighted by Gasteiger charge is 2.51. The lowest BCUT2D eigenvalue weighted by Gasteiger charge is -2.43. The number of methoxy groups -OCH3 is 1. The Morgan fingerprint density at radius 1 is 1.29 bits per heavy atom. The van der Waals surface area contributed by atoms with Crippen molar-refractivity contribution in [1.29, 1.82) is 0 Å². The van der Waals surface area contributed by atoms with Gasteiger partial charge in [-0.15, -0.1) is 0 Å². The van der Waals surface area contributed by atoms with E-state index in [1.165, 1.54) is 24.1 Å². The molecule has 2 heterocycles. The fourth-order valence-electron chi connectivity index (χ4n) is 4.65. The number of hydrogen-bond donors (Lipinski definition) is 0. The molecule has 0 radical (unpaired) electrons. The van der Waals surface area contributed by atoms with Crippen LogP contribution in [0.25, 0.3) is 0 Å². The van der Waals surface area contributed by atoms with Gasteiger partial charge >= 0.3 is 0 Å². The third-order valence-corrected chi connectivity index (χ3v) is 6.54. The summed E-state index contributed by atoms with van der Waals surface area (Å²) in [5.41, 5.74) is 2.64. The number of rotatable bonds is 6. The van der Waals surface area contributed by atoms with Gasteiger partial charge in [-0.3, -0.25) is 9.58 Å². The molecule has 0 spiro atoms. The van der Waals surface area contributed by atoms with Crippen LogP contribution < -0.4 is 0 Å². The van der Waals surface area contributed by atoms with Crippen LogP contribution in [-0.4, -0.2) is 52.7 Å². The van der Waals surface area contributed by atoms with E-state index in [1.807, 2.05) is 25.0 Å². The number of aromatic nitrogens is 2. The minimum atomic E-state index is 0.0337. The molecule has 24 heavy (non-hydrogen) atoms. The molecule has 4 rings (SSSR count). The van der Waals surface area contributed by atoms with Gasteiger partial charge in [0.2, 0.25) is 0 Å². The van der Waals surface area contributed by atoms with E-state index in [0.29, 0.717) is 12.1 Å². The first-order valence-electron chi connectivity index (χ1n) is 9.49. The molecule has 5 heteroatoms. The lowest BCUT2D eigenvalue weighted by Crippen LogP contribution is -2.51. The Morgan fingerprint density at radius 3 is 2.79 bits per heavy atom. The van der Waals surface area contributed by atoms with Crippen molar-refractivity contribution in [3.63, 3.8) is 0 Å². The van der Waals surface area contributed by atoms with E-state index in [9.17, 15) is 0 Å². The van der Waals surface area contributed by atoms with E-state index in [2.05, 4.69) is 16.9 Å². The number of hydrogen-bond acceptors (Lipinski definition) is 4. The molecule has 0 aromatic carbocycles. The highest BCUT2D eigenvalue weighted by Crippen LogP contribution is 2.44.